The smallest absolute Gasteiger partial charge is 0.310 e. The van der Waals surface area contributed by atoms with E-state index >= 15 is 0 Å². The highest BCUT2D eigenvalue weighted by atomic mass is 16.5. The molecule has 0 unspecified atom stereocenters. The number of allylic oxidation sites excluding steroid dienone is 2. The van der Waals surface area contributed by atoms with Crippen molar-refractivity contribution < 1.29 is 19.4 Å². The summed E-state index contributed by atoms with van der Waals surface area (Å²) in [5, 5.41) is 9.22. The second kappa shape index (κ2) is 5.10. The molecular formula is C13H19NO4. The predicted molar refractivity (Wildman–Crippen MR) is 64.9 cm³/mol. The molecule has 5 heteroatoms. The summed E-state index contributed by atoms with van der Waals surface area (Å²) in [6, 6.07) is 0. The number of ether oxygens (including phenoxy) is 1. The number of hydrogen-bond acceptors (Lipinski definition) is 4. The first-order valence-electron chi connectivity index (χ1n) is 6.23. The van der Waals surface area contributed by atoms with Crippen LogP contribution in [0.3, 0.4) is 0 Å². The van der Waals surface area contributed by atoms with Crippen LogP contribution in [0.4, 0.5) is 0 Å². The molecule has 1 saturated carbocycles. The Morgan fingerprint density at radius 3 is 2.44 bits per heavy atom. The molecule has 0 saturated heterocycles. The van der Waals surface area contributed by atoms with Crippen LogP contribution >= 0.6 is 0 Å². The van der Waals surface area contributed by atoms with Crippen molar-refractivity contribution in [3.8, 4) is 0 Å². The van der Waals surface area contributed by atoms with E-state index in [4.69, 9.17) is 4.74 Å². The van der Waals surface area contributed by atoms with Gasteiger partial charge in [0.2, 0.25) is 0 Å². The van der Waals surface area contributed by atoms with E-state index in [9.17, 15) is 14.7 Å². The minimum Gasteiger partial charge on any atom is -0.481 e. The molecule has 0 spiro atoms. The van der Waals surface area contributed by atoms with Crippen LogP contribution in [0.1, 0.15) is 6.42 Å². The Morgan fingerprint density at radius 1 is 1.28 bits per heavy atom. The van der Waals surface area contributed by atoms with Gasteiger partial charge in [-0.3, -0.25) is 9.59 Å². The minimum atomic E-state index is -0.888. The number of carbonyl (C=O) groups excluding carboxylic acids is 1. The second-order valence-electron chi connectivity index (χ2n) is 5.31. The Hall–Kier alpha value is -1.36. The van der Waals surface area contributed by atoms with Gasteiger partial charge in [-0.15, -0.1) is 0 Å². The Balaban J connectivity index is 1.96. The lowest BCUT2D eigenvalue weighted by molar-refractivity contribution is -0.158. The average Bonchev–Trinajstić information content (AvgIpc) is 2.87. The number of carboxylic acids is 1. The number of fused-ring (bicyclic) bond motifs is 2. The average molecular weight is 253 g/mol. The largest absolute Gasteiger partial charge is 0.481 e. The van der Waals surface area contributed by atoms with Crippen LogP contribution < -0.4 is 0 Å². The fourth-order valence-corrected chi connectivity index (χ4v) is 2.91. The normalized spacial score (nSPS) is 33.1. The van der Waals surface area contributed by atoms with E-state index in [0.717, 1.165) is 6.42 Å². The number of hydrogen-bond donors (Lipinski definition) is 1. The molecule has 2 rings (SSSR count). The van der Waals surface area contributed by atoms with Gasteiger partial charge < -0.3 is 14.7 Å². The molecular weight excluding hydrogens is 234 g/mol. The molecule has 0 aliphatic heterocycles. The van der Waals surface area contributed by atoms with Crippen LogP contribution in [0, 0.1) is 23.7 Å². The molecule has 2 aliphatic rings. The molecule has 5 nitrogen and oxygen atoms in total. The van der Waals surface area contributed by atoms with Crippen molar-refractivity contribution in [3.63, 3.8) is 0 Å². The maximum Gasteiger partial charge on any atom is 0.310 e. The molecule has 4 atom stereocenters. The summed E-state index contributed by atoms with van der Waals surface area (Å²) in [5.74, 6) is -2.31. The van der Waals surface area contributed by atoms with Crippen molar-refractivity contribution in [2.24, 2.45) is 23.7 Å². The molecule has 2 aliphatic carbocycles. The monoisotopic (exact) mass is 253 g/mol. The van der Waals surface area contributed by atoms with E-state index < -0.39 is 17.8 Å². The number of carbonyl (C=O) groups is 2. The summed E-state index contributed by atoms with van der Waals surface area (Å²) in [6.45, 7) is 0.968. The Bertz CT molecular complexity index is 377. The van der Waals surface area contributed by atoms with Crippen molar-refractivity contribution in [2.45, 2.75) is 6.42 Å². The summed E-state index contributed by atoms with van der Waals surface area (Å²) < 4.78 is 5.19. The molecule has 18 heavy (non-hydrogen) atoms. The standard InChI is InChI=1S/C13H19NO4/c1-14(2)5-6-18-13(17)11-9-4-3-8(7-9)10(11)12(15)16/h3-4,8-11H,5-7H2,1-2H3,(H,15,16)/t8-,9-,10+,11-/m0/s1. The van der Waals surface area contributed by atoms with Gasteiger partial charge in [0.05, 0.1) is 11.8 Å². The van der Waals surface area contributed by atoms with Crippen LogP contribution in [0.2, 0.25) is 0 Å². The molecule has 2 bridgehead atoms. The third-order valence-corrected chi connectivity index (χ3v) is 3.80. The number of carboxylic acid groups (broad SMARTS) is 1. The maximum absolute atomic E-state index is 12.0. The maximum atomic E-state index is 12.0. The van der Waals surface area contributed by atoms with Crippen molar-refractivity contribution in [1.82, 2.24) is 4.90 Å². The van der Waals surface area contributed by atoms with Gasteiger partial charge in [0, 0.05) is 6.54 Å². The summed E-state index contributed by atoms with van der Waals surface area (Å²) in [7, 11) is 3.79. The fourth-order valence-electron chi connectivity index (χ4n) is 2.91. The van der Waals surface area contributed by atoms with Gasteiger partial charge >= 0.3 is 11.9 Å². The quantitative estimate of drug-likeness (QED) is 0.574. The van der Waals surface area contributed by atoms with Gasteiger partial charge in [0.25, 0.3) is 0 Å². The van der Waals surface area contributed by atoms with Crippen LogP contribution in [-0.4, -0.2) is 49.2 Å². The highest BCUT2D eigenvalue weighted by molar-refractivity contribution is 5.83. The van der Waals surface area contributed by atoms with Crippen LogP contribution in [0.5, 0.6) is 0 Å². The third kappa shape index (κ3) is 2.41. The van der Waals surface area contributed by atoms with Gasteiger partial charge in [0.1, 0.15) is 6.61 Å². The predicted octanol–water partition coefficient (Wildman–Crippen LogP) is 0.614. The van der Waals surface area contributed by atoms with Crippen molar-refractivity contribution in [2.75, 3.05) is 27.2 Å². The topological polar surface area (TPSA) is 66.8 Å². The Kier molecular flexibility index (Phi) is 3.71. The lowest BCUT2D eigenvalue weighted by Crippen LogP contribution is -2.35. The van der Waals surface area contributed by atoms with E-state index in [-0.39, 0.29) is 17.8 Å². The van der Waals surface area contributed by atoms with Crippen molar-refractivity contribution >= 4 is 11.9 Å². The highest BCUT2D eigenvalue weighted by Crippen LogP contribution is 2.48. The first-order valence-corrected chi connectivity index (χ1v) is 6.23. The first kappa shape index (κ1) is 13.1. The van der Waals surface area contributed by atoms with Crippen LogP contribution in [0.15, 0.2) is 12.2 Å². The van der Waals surface area contributed by atoms with E-state index in [0.29, 0.717) is 13.2 Å². The van der Waals surface area contributed by atoms with Crippen LogP contribution in [0.25, 0.3) is 0 Å². The summed E-state index contributed by atoms with van der Waals surface area (Å²) >= 11 is 0. The van der Waals surface area contributed by atoms with E-state index in [2.05, 4.69) is 0 Å². The lowest BCUT2D eigenvalue weighted by atomic mass is 9.83. The van der Waals surface area contributed by atoms with Crippen molar-refractivity contribution in [3.05, 3.63) is 12.2 Å². The second-order valence-corrected chi connectivity index (χ2v) is 5.31. The number of likely N-dealkylation sites (N-methyl/N-ethyl adjacent to an activating group) is 1. The molecule has 100 valence electrons. The molecule has 1 N–H and O–H groups in total. The van der Waals surface area contributed by atoms with E-state index in [1.54, 1.807) is 0 Å². The van der Waals surface area contributed by atoms with Crippen LogP contribution in [-0.2, 0) is 14.3 Å². The van der Waals surface area contributed by atoms with Gasteiger partial charge in [-0.1, -0.05) is 12.2 Å². The minimum absolute atomic E-state index is 0.00102. The molecule has 0 amide bonds. The van der Waals surface area contributed by atoms with E-state index in [1.165, 1.54) is 0 Å². The number of esters is 1. The zero-order valence-corrected chi connectivity index (χ0v) is 10.7. The lowest BCUT2D eigenvalue weighted by Gasteiger charge is -2.23. The first-order chi connectivity index (χ1) is 8.50. The SMILES string of the molecule is CN(C)CCOC(=O)[C@@H]1[C@H](C(=O)O)[C@H]2C=C[C@H]1C2. The molecule has 0 heterocycles. The summed E-state index contributed by atoms with van der Waals surface area (Å²) in [6.07, 6.45) is 4.65. The Labute approximate surface area is 106 Å². The van der Waals surface area contributed by atoms with Gasteiger partial charge in [-0.2, -0.15) is 0 Å². The fraction of sp³-hybridized carbons (Fsp3) is 0.692. The van der Waals surface area contributed by atoms with Crippen molar-refractivity contribution in [1.29, 1.82) is 0 Å². The number of aliphatic carboxylic acids is 1. The summed E-state index contributed by atoms with van der Waals surface area (Å²) in [4.78, 5) is 25.2. The van der Waals surface area contributed by atoms with Gasteiger partial charge in [-0.25, -0.2) is 0 Å². The molecule has 0 aromatic carbocycles. The zero-order valence-electron chi connectivity index (χ0n) is 10.7. The molecule has 0 aromatic heterocycles. The Morgan fingerprint density at radius 2 is 1.89 bits per heavy atom. The zero-order chi connectivity index (χ0) is 13.3. The molecule has 0 radical (unpaired) electrons. The molecule has 0 aromatic rings. The summed E-state index contributed by atoms with van der Waals surface area (Å²) in [5.41, 5.74) is 0. The highest BCUT2D eigenvalue weighted by Gasteiger charge is 2.52. The number of nitrogens with zero attached hydrogens (tertiary/aromatic N) is 1. The van der Waals surface area contributed by atoms with E-state index in [1.807, 2.05) is 31.1 Å². The van der Waals surface area contributed by atoms with Gasteiger partial charge in [0.15, 0.2) is 0 Å². The third-order valence-electron chi connectivity index (χ3n) is 3.80. The number of rotatable bonds is 5. The molecule has 1 fully saturated rings. The van der Waals surface area contributed by atoms with Gasteiger partial charge in [-0.05, 0) is 32.4 Å².